The van der Waals surface area contributed by atoms with E-state index >= 15 is 0 Å². The zero-order valence-electron chi connectivity index (χ0n) is 11.8. The number of aromatic nitrogens is 3. The van der Waals surface area contributed by atoms with E-state index in [0.717, 1.165) is 43.9 Å². The molecule has 6 heteroatoms. The largest absolute Gasteiger partial charge is 0.315 e. The molecule has 0 spiro atoms. The highest BCUT2D eigenvalue weighted by Gasteiger charge is 2.35. The molecule has 108 valence electrons. The number of hydrogen-bond donors (Lipinski definition) is 1. The van der Waals surface area contributed by atoms with Crippen molar-refractivity contribution in [1.82, 2.24) is 25.0 Å². The van der Waals surface area contributed by atoms with Gasteiger partial charge in [-0.05, 0) is 39.7 Å². The molecule has 3 rings (SSSR count). The number of halogens is 1. The second-order valence-corrected chi connectivity index (χ2v) is 5.46. The molecule has 2 heterocycles. The Morgan fingerprint density at radius 2 is 2.05 bits per heavy atom. The number of nitrogens with one attached hydrogen (secondary N) is 1. The standard InChI is InChI=1S/C13H23N5.ClH/c1-3-17-10(2)15-16-13(17)9-18(11-4-5-11)12-6-7-14-8-12;/h11-12,14H,3-9H2,1-2H3;1H. The Labute approximate surface area is 121 Å². The fourth-order valence-corrected chi connectivity index (χ4v) is 3.00. The monoisotopic (exact) mass is 285 g/mol. The average Bonchev–Trinajstić information content (AvgIpc) is 2.94. The van der Waals surface area contributed by atoms with Gasteiger partial charge in [0.1, 0.15) is 11.6 Å². The predicted octanol–water partition coefficient (Wildman–Crippen LogP) is 1.35. The lowest BCUT2D eigenvalue weighted by Gasteiger charge is -2.27. The zero-order chi connectivity index (χ0) is 12.5. The molecule has 1 unspecified atom stereocenters. The van der Waals surface area contributed by atoms with Crippen LogP contribution < -0.4 is 5.32 Å². The first kappa shape index (κ1) is 14.8. The van der Waals surface area contributed by atoms with E-state index in [1.165, 1.54) is 19.3 Å². The Bertz CT molecular complexity index is 409. The van der Waals surface area contributed by atoms with Crippen molar-refractivity contribution in [1.29, 1.82) is 0 Å². The molecule has 1 saturated carbocycles. The van der Waals surface area contributed by atoms with Gasteiger partial charge in [0.25, 0.3) is 0 Å². The van der Waals surface area contributed by atoms with Gasteiger partial charge in [0.2, 0.25) is 0 Å². The van der Waals surface area contributed by atoms with Crippen LogP contribution in [0, 0.1) is 6.92 Å². The van der Waals surface area contributed by atoms with Crippen LogP contribution in [0.25, 0.3) is 0 Å². The summed E-state index contributed by atoms with van der Waals surface area (Å²) in [5.41, 5.74) is 0. The maximum absolute atomic E-state index is 4.36. The van der Waals surface area contributed by atoms with E-state index in [1.54, 1.807) is 0 Å². The summed E-state index contributed by atoms with van der Waals surface area (Å²) in [4.78, 5) is 2.65. The van der Waals surface area contributed by atoms with Crippen molar-refractivity contribution < 1.29 is 0 Å². The van der Waals surface area contributed by atoms with Gasteiger partial charge in [-0.2, -0.15) is 0 Å². The summed E-state index contributed by atoms with van der Waals surface area (Å²) < 4.78 is 2.23. The van der Waals surface area contributed by atoms with Gasteiger partial charge in [-0.1, -0.05) is 0 Å². The van der Waals surface area contributed by atoms with E-state index in [0.29, 0.717) is 6.04 Å². The lowest BCUT2D eigenvalue weighted by molar-refractivity contribution is 0.181. The van der Waals surface area contributed by atoms with Gasteiger partial charge in [-0.3, -0.25) is 4.90 Å². The van der Waals surface area contributed by atoms with Crippen LogP contribution in [0.3, 0.4) is 0 Å². The molecule has 1 aliphatic heterocycles. The molecule has 1 aromatic rings. The second kappa shape index (κ2) is 6.20. The van der Waals surface area contributed by atoms with Crippen molar-refractivity contribution in [2.75, 3.05) is 13.1 Å². The maximum Gasteiger partial charge on any atom is 0.147 e. The Kier molecular flexibility index (Phi) is 4.81. The molecule has 0 bridgehead atoms. The van der Waals surface area contributed by atoms with Crippen LogP contribution in [-0.4, -0.2) is 44.8 Å². The third-order valence-corrected chi connectivity index (χ3v) is 4.17. The summed E-state index contributed by atoms with van der Waals surface area (Å²) in [7, 11) is 0. The molecule has 1 aromatic heterocycles. The van der Waals surface area contributed by atoms with Gasteiger partial charge in [-0.25, -0.2) is 0 Å². The summed E-state index contributed by atoms with van der Waals surface area (Å²) in [6, 6.07) is 1.48. The van der Waals surface area contributed by atoms with Crippen LogP contribution in [0.5, 0.6) is 0 Å². The van der Waals surface area contributed by atoms with Crippen molar-refractivity contribution in [2.24, 2.45) is 0 Å². The van der Waals surface area contributed by atoms with Gasteiger partial charge < -0.3 is 9.88 Å². The van der Waals surface area contributed by atoms with Crippen molar-refractivity contribution in [2.45, 2.75) is 58.3 Å². The Morgan fingerprint density at radius 3 is 2.63 bits per heavy atom. The number of aryl methyl sites for hydroxylation is 1. The van der Waals surface area contributed by atoms with Crippen LogP contribution in [-0.2, 0) is 13.1 Å². The molecule has 1 saturated heterocycles. The van der Waals surface area contributed by atoms with E-state index in [-0.39, 0.29) is 12.4 Å². The first-order chi connectivity index (χ1) is 8.79. The van der Waals surface area contributed by atoms with Crippen molar-refractivity contribution >= 4 is 12.4 Å². The fraction of sp³-hybridized carbons (Fsp3) is 0.846. The van der Waals surface area contributed by atoms with Crippen molar-refractivity contribution in [3.63, 3.8) is 0 Å². The summed E-state index contributed by atoms with van der Waals surface area (Å²) in [6.07, 6.45) is 3.99. The third kappa shape index (κ3) is 3.09. The molecular formula is C13H24ClN5. The predicted molar refractivity (Wildman–Crippen MR) is 77.5 cm³/mol. The molecule has 2 aliphatic rings. The van der Waals surface area contributed by atoms with E-state index in [4.69, 9.17) is 0 Å². The first-order valence-electron chi connectivity index (χ1n) is 7.14. The molecule has 19 heavy (non-hydrogen) atoms. The quantitative estimate of drug-likeness (QED) is 0.887. The van der Waals surface area contributed by atoms with Crippen LogP contribution in [0.15, 0.2) is 0 Å². The van der Waals surface area contributed by atoms with Crippen LogP contribution >= 0.6 is 12.4 Å². The van der Waals surface area contributed by atoms with E-state index in [1.807, 2.05) is 6.92 Å². The maximum atomic E-state index is 4.36. The molecule has 1 N–H and O–H groups in total. The third-order valence-electron chi connectivity index (χ3n) is 4.17. The Balaban J connectivity index is 0.00000133. The zero-order valence-corrected chi connectivity index (χ0v) is 12.6. The normalized spacial score (nSPS) is 22.8. The van der Waals surface area contributed by atoms with E-state index < -0.39 is 0 Å². The SMILES string of the molecule is CCn1c(C)nnc1CN(C1CC1)C1CCNC1.Cl. The highest BCUT2D eigenvalue weighted by Crippen LogP contribution is 2.31. The summed E-state index contributed by atoms with van der Waals surface area (Å²) in [5.74, 6) is 2.17. The van der Waals surface area contributed by atoms with Gasteiger partial charge in [0, 0.05) is 25.2 Å². The number of rotatable bonds is 5. The molecule has 0 amide bonds. The van der Waals surface area contributed by atoms with Gasteiger partial charge in [0.15, 0.2) is 0 Å². The molecule has 1 atom stereocenters. The summed E-state index contributed by atoms with van der Waals surface area (Å²) >= 11 is 0. The fourth-order valence-electron chi connectivity index (χ4n) is 3.00. The summed E-state index contributed by atoms with van der Waals surface area (Å²) in [6.45, 7) is 8.43. The molecule has 0 aromatic carbocycles. The van der Waals surface area contributed by atoms with Crippen molar-refractivity contribution in [3.05, 3.63) is 11.6 Å². The minimum absolute atomic E-state index is 0. The Morgan fingerprint density at radius 1 is 1.26 bits per heavy atom. The van der Waals surface area contributed by atoms with E-state index in [2.05, 4.69) is 31.9 Å². The summed E-state index contributed by atoms with van der Waals surface area (Å²) in [5, 5.41) is 12.0. The topological polar surface area (TPSA) is 46.0 Å². The van der Waals surface area contributed by atoms with Gasteiger partial charge in [-0.15, -0.1) is 22.6 Å². The lowest BCUT2D eigenvalue weighted by atomic mass is 10.2. The highest BCUT2D eigenvalue weighted by atomic mass is 35.5. The molecule has 5 nitrogen and oxygen atoms in total. The van der Waals surface area contributed by atoms with Gasteiger partial charge >= 0.3 is 0 Å². The lowest BCUT2D eigenvalue weighted by Crippen LogP contribution is -2.38. The molecule has 2 fully saturated rings. The van der Waals surface area contributed by atoms with E-state index in [9.17, 15) is 0 Å². The highest BCUT2D eigenvalue weighted by molar-refractivity contribution is 5.85. The smallest absolute Gasteiger partial charge is 0.147 e. The van der Waals surface area contributed by atoms with Crippen LogP contribution in [0.1, 0.15) is 37.8 Å². The Hall–Kier alpha value is -0.650. The van der Waals surface area contributed by atoms with Crippen molar-refractivity contribution in [3.8, 4) is 0 Å². The number of nitrogens with zero attached hydrogens (tertiary/aromatic N) is 4. The minimum atomic E-state index is 0. The molecule has 0 radical (unpaired) electrons. The first-order valence-corrected chi connectivity index (χ1v) is 7.14. The molecule has 1 aliphatic carbocycles. The second-order valence-electron chi connectivity index (χ2n) is 5.46. The van der Waals surface area contributed by atoms with Gasteiger partial charge in [0.05, 0.1) is 6.54 Å². The number of hydrogen-bond acceptors (Lipinski definition) is 4. The minimum Gasteiger partial charge on any atom is -0.315 e. The van der Waals surface area contributed by atoms with Crippen LogP contribution in [0.2, 0.25) is 0 Å². The van der Waals surface area contributed by atoms with Crippen LogP contribution in [0.4, 0.5) is 0 Å². The molecular weight excluding hydrogens is 262 g/mol. The average molecular weight is 286 g/mol.